The number of hydrogen-bond acceptors (Lipinski definition) is 3. The molecule has 1 rings (SSSR count). The Balaban J connectivity index is 2.56. The molecular formula is C11H18ClN3O2. The molecule has 2 N–H and O–H groups in total. The van der Waals surface area contributed by atoms with Crippen LogP contribution in [0.5, 0.6) is 0 Å². The Hall–Kier alpha value is -1.07. The number of nitrogens with one attached hydrogen (secondary N) is 2. The molecule has 96 valence electrons. The Bertz CT molecular complexity index is 485. The zero-order chi connectivity index (χ0) is 13.1. The number of rotatable bonds is 4. The molecule has 0 atom stereocenters. The van der Waals surface area contributed by atoms with Crippen LogP contribution >= 0.6 is 11.6 Å². The molecule has 0 aromatic carbocycles. The van der Waals surface area contributed by atoms with E-state index in [9.17, 15) is 9.59 Å². The van der Waals surface area contributed by atoms with E-state index < -0.39 is 11.2 Å². The van der Waals surface area contributed by atoms with Crippen molar-refractivity contribution in [1.82, 2.24) is 14.9 Å². The Morgan fingerprint density at radius 2 is 2.06 bits per heavy atom. The van der Waals surface area contributed by atoms with Gasteiger partial charge < -0.3 is 5.32 Å². The minimum atomic E-state index is -0.541. The molecule has 0 fully saturated rings. The molecule has 0 saturated heterocycles. The van der Waals surface area contributed by atoms with Crippen molar-refractivity contribution in [2.45, 2.75) is 39.3 Å². The highest BCUT2D eigenvalue weighted by Gasteiger charge is 2.07. The standard InChI is InChI=1S/C11H18ClN3O2/c1-11(2,3)13-5-4-6-15-7-8(12)9(16)14-10(15)17/h7,13H,4-6H2,1-3H3,(H,14,16,17). The van der Waals surface area contributed by atoms with Crippen LogP contribution in [0.2, 0.25) is 5.02 Å². The van der Waals surface area contributed by atoms with Crippen LogP contribution < -0.4 is 16.6 Å². The topological polar surface area (TPSA) is 66.9 Å². The predicted molar refractivity (Wildman–Crippen MR) is 68.7 cm³/mol. The molecule has 0 unspecified atom stereocenters. The maximum absolute atomic E-state index is 11.4. The largest absolute Gasteiger partial charge is 0.328 e. The minimum absolute atomic E-state index is 0.0355. The molecule has 0 radical (unpaired) electrons. The van der Waals surface area contributed by atoms with Gasteiger partial charge in [0.15, 0.2) is 0 Å². The van der Waals surface area contributed by atoms with Gasteiger partial charge in [-0.05, 0) is 33.7 Å². The predicted octanol–water partition coefficient (Wildman–Crippen LogP) is 0.968. The zero-order valence-corrected chi connectivity index (χ0v) is 11.1. The van der Waals surface area contributed by atoms with Gasteiger partial charge >= 0.3 is 5.69 Å². The second-order valence-corrected chi connectivity index (χ2v) is 5.37. The first kappa shape index (κ1) is 14.0. The van der Waals surface area contributed by atoms with Crippen molar-refractivity contribution in [3.8, 4) is 0 Å². The zero-order valence-electron chi connectivity index (χ0n) is 10.3. The lowest BCUT2D eigenvalue weighted by atomic mass is 10.1. The average Bonchev–Trinajstić information content (AvgIpc) is 2.18. The summed E-state index contributed by atoms with van der Waals surface area (Å²) in [7, 11) is 0. The van der Waals surface area contributed by atoms with Crippen LogP contribution in [0.25, 0.3) is 0 Å². The van der Waals surface area contributed by atoms with Gasteiger partial charge in [-0.3, -0.25) is 14.3 Å². The first-order chi connectivity index (χ1) is 7.79. The molecule has 1 heterocycles. The summed E-state index contributed by atoms with van der Waals surface area (Å²) < 4.78 is 1.41. The molecule has 5 nitrogen and oxygen atoms in total. The molecule has 1 aromatic heterocycles. The molecule has 6 heteroatoms. The maximum atomic E-state index is 11.4. The first-order valence-electron chi connectivity index (χ1n) is 5.54. The van der Waals surface area contributed by atoms with Gasteiger partial charge in [0.05, 0.1) is 0 Å². The van der Waals surface area contributed by atoms with Gasteiger partial charge in [-0.2, -0.15) is 0 Å². The summed E-state index contributed by atoms with van der Waals surface area (Å²) >= 11 is 5.65. The second-order valence-electron chi connectivity index (χ2n) is 4.96. The van der Waals surface area contributed by atoms with Gasteiger partial charge in [-0.25, -0.2) is 4.79 Å². The molecule has 0 bridgehead atoms. The van der Waals surface area contributed by atoms with E-state index in [1.807, 2.05) is 0 Å². The van der Waals surface area contributed by atoms with Crippen molar-refractivity contribution in [1.29, 1.82) is 0 Å². The van der Waals surface area contributed by atoms with E-state index in [1.54, 1.807) is 0 Å². The highest BCUT2D eigenvalue weighted by molar-refractivity contribution is 6.30. The molecular weight excluding hydrogens is 242 g/mol. The number of halogens is 1. The van der Waals surface area contributed by atoms with Gasteiger partial charge in [0.25, 0.3) is 5.56 Å². The van der Waals surface area contributed by atoms with E-state index in [0.717, 1.165) is 13.0 Å². The van der Waals surface area contributed by atoms with Gasteiger partial charge in [0.2, 0.25) is 0 Å². The van der Waals surface area contributed by atoms with Crippen LogP contribution in [0.3, 0.4) is 0 Å². The van der Waals surface area contributed by atoms with Crippen LogP contribution in [-0.2, 0) is 6.54 Å². The number of H-pyrrole nitrogens is 1. The van der Waals surface area contributed by atoms with Crippen molar-refractivity contribution in [3.63, 3.8) is 0 Å². The van der Waals surface area contributed by atoms with E-state index in [2.05, 4.69) is 31.1 Å². The Kier molecular flexibility index (Phi) is 4.54. The van der Waals surface area contributed by atoms with Crippen molar-refractivity contribution in [3.05, 3.63) is 32.1 Å². The van der Waals surface area contributed by atoms with Crippen molar-refractivity contribution < 1.29 is 0 Å². The molecule has 0 aliphatic heterocycles. The first-order valence-corrected chi connectivity index (χ1v) is 5.92. The van der Waals surface area contributed by atoms with Crippen molar-refractivity contribution in [2.75, 3.05) is 6.54 Å². The summed E-state index contributed by atoms with van der Waals surface area (Å²) in [6, 6.07) is 0. The van der Waals surface area contributed by atoms with Crippen LogP contribution in [0, 0.1) is 0 Å². The summed E-state index contributed by atoms with van der Waals surface area (Å²) in [5.74, 6) is 0. The Morgan fingerprint density at radius 1 is 1.41 bits per heavy atom. The van der Waals surface area contributed by atoms with Crippen LogP contribution in [0.15, 0.2) is 15.8 Å². The third-order valence-corrected chi connectivity index (χ3v) is 2.47. The Morgan fingerprint density at radius 3 is 2.65 bits per heavy atom. The van der Waals surface area contributed by atoms with Crippen molar-refractivity contribution >= 4 is 11.6 Å². The summed E-state index contributed by atoms with van der Waals surface area (Å²) in [6.45, 7) is 7.56. The summed E-state index contributed by atoms with van der Waals surface area (Å²) in [5.41, 5.74) is -0.899. The smallest absolute Gasteiger partial charge is 0.312 e. The highest BCUT2D eigenvalue weighted by Crippen LogP contribution is 1.99. The SMILES string of the molecule is CC(C)(C)NCCCn1cc(Cl)c(=O)[nH]c1=O. The summed E-state index contributed by atoms with van der Waals surface area (Å²) in [6.07, 6.45) is 2.17. The average molecular weight is 260 g/mol. The van der Waals surface area contributed by atoms with E-state index in [4.69, 9.17) is 11.6 Å². The molecule has 0 saturated carbocycles. The van der Waals surface area contributed by atoms with E-state index in [-0.39, 0.29) is 10.6 Å². The Labute approximate surface area is 105 Å². The lowest BCUT2D eigenvalue weighted by Gasteiger charge is -2.20. The molecule has 0 amide bonds. The van der Waals surface area contributed by atoms with E-state index in [0.29, 0.717) is 6.54 Å². The highest BCUT2D eigenvalue weighted by atomic mass is 35.5. The number of aryl methyl sites for hydroxylation is 1. The van der Waals surface area contributed by atoms with Gasteiger partial charge in [-0.1, -0.05) is 11.6 Å². The number of nitrogens with zero attached hydrogens (tertiary/aromatic N) is 1. The van der Waals surface area contributed by atoms with E-state index in [1.165, 1.54) is 10.8 Å². The third-order valence-electron chi connectivity index (χ3n) is 2.20. The third kappa shape index (κ3) is 4.75. The maximum Gasteiger partial charge on any atom is 0.328 e. The summed E-state index contributed by atoms with van der Waals surface area (Å²) in [5, 5.41) is 3.35. The summed E-state index contributed by atoms with van der Waals surface area (Å²) in [4.78, 5) is 24.6. The van der Waals surface area contributed by atoms with E-state index >= 15 is 0 Å². The molecule has 0 aliphatic carbocycles. The fourth-order valence-electron chi connectivity index (χ4n) is 1.36. The monoisotopic (exact) mass is 259 g/mol. The molecule has 17 heavy (non-hydrogen) atoms. The van der Waals surface area contributed by atoms with Gasteiger partial charge in [-0.15, -0.1) is 0 Å². The molecule has 0 aliphatic rings. The lowest BCUT2D eigenvalue weighted by Crippen LogP contribution is -2.37. The number of hydrogen-bond donors (Lipinski definition) is 2. The fourth-order valence-corrected chi connectivity index (χ4v) is 1.53. The second kappa shape index (κ2) is 5.51. The van der Waals surface area contributed by atoms with Crippen LogP contribution in [-0.4, -0.2) is 21.6 Å². The normalized spacial score (nSPS) is 11.8. The molecule has 1 aromatic rings. The fraction of sp³-hybridized carbons (Fsp3) is 0.636. The quantitative estimate of drug-likeness (QED) is 0.792. The number of aromatic amines is 1. The molecule has 0 spiro atoms. The van der Waals surface area contributed by atoms with Crippen LogP contribution in [0.1, 0.15) is 27.2 Å². The van der Waals surface area contributed by atoms with Crippen LogP contribution in [0.4, 0.5) is 0 Å². The minimum Gasteiger partial charge on any atom is -0.312 e. The van der Waals surface area contributed by atoms with Crippen molar-refractivity contribution in [2.24, 2.45) is 0 Å². The van der Waals surface area contributed by atoms with Gasteiger partial charge in [0.1, 0.15) is 5.02 Å². The lowest BCUT2D eigenvalue weighted by molar-refractivity contribution is 0.411. The number of aromatic nitrogens is 2. The van der Waals surface area contributed by atoms with Gasteiger partial charge in [0, 0.05) is 18.3 Å².